The van der Waals surface area contributed by atoms with Crippen LogP contribution in [0.1, 0.15) is 25.0 Å². The van der Waals surface area contributed by atoms with Crippen LogP contribution in [0.25, 0.3) is 10.8 Å². The van der Waals surface area contributed by atoms with Crippen molar-refractivity contribution in [1.29, 1.82) is 0 Å². The molecule has 0 spiro atoms. The highest BCUT2D eigenvalue weighted by Gasteiger charge is 2.27. The quantitative estimate of drug-likeness (QED) is 0.701. The molecule has 2 aliphatic rings. The van der Waals surface area contributed by atoms with Gasteiger partial charge in [-0.15, -0.1) is 0 Å². The van der Waals surface area contributed by atoms with E-state index >= 15 is 0 Å². The standard InChI is InChI=1S/C16H16O2/c1-9-7-12-14(17-9)5-3-11-4-6-15-13(16(11)12)8-10(2)18-15/h3-6,9-10H,7-8H2,1-2H3. The van der Waals surface area contributed by atoms with Crippen molar-refractivity contribution in [3.05, 3.63) is 35.4 Å². The predicted octanol–water partition coefficient (Wildman–Crippen LogP) is 3.49. The van der Waals surface area contributed by atoms with Crippen molar-refractivity contribution in [3.63, 3.8) is 0 Å². The summed E-state index contributed by atoms with van der Waals surface area (Å²) in [6.07, 6.45) is 2.61. The van der Waals surface area contributed by atoms with Crippen LogP contribution < -0.4 is 9.47 Å². The summed E-state index contributed by atoms with van der Waals surface area (Å²) < 4.78 is 11.7. The molecule has 18 heavy (non-hydrogen) atoms. The zero-order valence-electron chi connectivity index (χ0n) is 10.7. The second-order valence-electron chi connectivity index (χ2n) is 5.45. The van der Waals surface area contributed by atoms with E-state index in [-0.39, 0.29) is 0 Å². The molecule has 4 rings (SSSR count). The number of fused-ring (bicyclic) bond motifs is 5. The van der Waals surface area contributed by atoms with Gasteiger partial charge in [0.15, 0.2) is 0 Å². The molecule has 2 aliphatic heterocycles. The highest BCUT2D eigenvalue weighted by atomic mass is 16.5. The van der Waals surface area contributed by atoms with Gasteiger partial charge in [0.2, 0.25) is 0 Å². The Labute approximate surface area is 107 Å². The van der Waals surface area contributed by atoms with Crippen LogP contribution in [0.3, 0.4) is 0 Å². The average Bonchev–Trinajstić information content (AvgIpc) is 2.88. The van der Waals surface area contributed by atoms with E-state index in [1.54, 1.807) is 0 Å². The van der Waals surface area contributed by atoms with E-state index in [2.05, 4.69) is 38.1 Å². The highest BCUT2D eigenvalue weighted by Crippen LogP contribution is 2.42. The van der Waals surface area contributed by atoms with Crippen LogP contribution in [0, 0.1) is 0 Å². The van der Waals surface area contributed by atoms with Crippen molar-refractivity contribution in [2.24, 2.45) is 0 Å². The summed E-state index contributed by atoms with van der Waals surface area (Å²) in [5.41, 5.74) is 2.74. The van der Waals surface area contributed by atoms with Crippen molar-refractivity contribution >= 4 is 10.8 Å². The van der Waals surface area contributed by atoms with Gasteiger partial charge in [0.05, 0.1) is 0 Å². The summed E-state index contributed by atoms with van der Waals surface area (Å²) in [4.78, 5) is 0. The van der Waals surface area contributed by atoms with E-state index in [9.17, 15) is 0 Å². The molecular formula is C16H16O2. The minimum absolute atomic E-state index is 0.293. The van der Waals surface area contributed by atoms with E-state index < -0.39 is 0 Å². The second-order valence-corrected chi connectivity index (χ2v) is 5.45. The lowest BCUT2D eigenvalue weighted by Crippen LogP contribution is -2.05. The maximum absolute atomic E-state index is 5.86. The van der Waals surface area contributed by atoms with Gasteiger partial charge in [-0.1, -0.05) is 12.1 Å². The number of hydrogen-bond acceptors (Lipinski definition) is 2. The molecule has 2 aromatic carbocycles. The Morgan fingerprint density at radius 3 is 1.83 bits per heavy atom. The van der Waals surface area contributed by atoms with Gasteiger partial charge in [0, 0.05) is 24.0 Å². The number of hydrogen-bond donors (Lipinski definition) is 0. The lowest BCUT2D eigenvalue weighted by molar-refractivity contribution is 0.254. The summed E-state index contributed by atoms with van der Waals surface area (Å²) in [6, 6.07) is 8.53. The zero-order valence-corrected chi connectivity index (χ0v) is 10.7. The lowest BCUT2D eigenvalue weighted by Gasteiger charge is -2.08. The molecule has 2 atom stereocenters. The van der Waals surface area contributed by atoms with Gasteiger partial charge in [-0.2, -0.15) is 0 Å². The molecule has 2 heterocycles. The molecule has 92 valence electrons. The Bertz CT molecular complexity index is 592. The van der Waals surface area contributed by atoms with Gasteiger partial charge in [-0.3, -0.25) is 0 Å². The van der Waals surface area contributed by atoms with E-state index in [0.29, 0.717) is 12.2 Å². The molecule has 2 nitrogen and oxygen atoms in total. The third-order valence-electron chi connectivity index (χ3n) is 3.96. The fourth-order valence-electron chi connectivity index (χ4n) is 3.25. The van der Waals surface area contributed by atoms with Crippen LogP contribution >= 0.6 is 0 Å². The first-order valence-electron chi connectivity index (χ1n) is 6.63. The summed E-state index contributed by atoms with van der Waals surface area (Å²) in [5, 5.41) is 2.68. The minimum atomic E-state index is 0.293. The topological polar surface area (TPSA) is 18.5 Å². The average molecular weight is 240 g/mol. The molecule has 0 saturated carbocycles. The lowest BCUT2D eigenvalue weighted by atomic mass is 9.94. The van der Waals surface area contributed by atoms with E-state index in [1.807, 2.05) is 0 Å². The van der Waals surface area contributed by atoms with Gasteiger partial charge in [0.25, 0.3) is 0 Å². The fourth-order valence-corrected chi connectivity index (χ4v) is 3.25. The molecule has 2 heteroatoms. The van der Waals surface area contributed by atoms with E-state index in [1.165, 1.54) is 21.9 Å². The SMILES string of the molecule is CC1Cc2c(ccc3ccc4c(c23)CC(C)O4)O1. The summed E-state index contributed by atoms with van der Waals surface area (Å²) in [7, 11) is 0. The first-order chi connectivity index (χ1) is 8.72. The van der Waals surface area contributed by atoms with Crippen molar-refractivity contribution in [3.8, 4) is 11.5 Å². The third-order valence-corrected chi connectivity index (χ3v) is 3.96. The molecule has 0 radical (unpaired) electrons. The maximum atomic E-state index is 5.86. The van der Waals surface area contributed by atoms with Crippen molar-refractivity contribution in [2.75, 3.05) is 0 Å². The van der Waals surface area contributed by atoms with Crippen molar-refractivity contribution in [1.82, 2.24) is 0 Å². The van der Waals surface area contributed by atoms with Crippen molar-refractivity contribution in [2.45, 2.75) is 38.9 Å². The summed E-state index contributed by atoms with van der Waals surface area (Å²) >= 11 is 0. The summed E-state index contributed by atoms with van der Waals surface area (Å²) in [5.74, 6) is 2.12. The second kappa shape index (κ2) is 3.41. The van der Waals surface area contributed by atoms with Gasteiger partial charge in [-0.05, 0) is 36.8 Å². The first kappa shape index (κ1) is 10.2. The zero-order chi connectivity index (χ0) is 12.3. The monoisotopic (exact) mass is 240 g/mol. The molecule has 2 unspecified atom stereocenters. The normalized spacial score (nSPS) is 24.6. The molecule has 0 saturated heterocycles. The molecule has 0 fully saturated rings. The molecule has 0 N–H and O–H groups in total. The molecule has 0 bridgehead atoms. The fraction of sp³-hybridized carbons (Fsp3) is 0.375. The Morgan fingerprint density at radius 1 is 0.833 bits per heavy atom. The minimum Gasteiger partial charge on any atom is -0.490 e. The first-order valence-corrected chi connectivity index (χ1v) is 6.63. The Balaban J connectivity index is 2.05. The number of rotatable bonds is 0. The Hall–Kier alpha value is -1.70. The summed E-state index contributed by atoms with van der Waals surface area (Å²) in [6.45, 7) is 4.27. The van der Waals surface area contributed by atoms with Crippen LogP contribution in [0.2, 0.25) is 0 Å². The third kappa shape index (κ3) is 1.29. The van der Waals surface area contributed by atoms with Crippen molar-refractivity contribution < 1.29 is 9.47 Å². The largest absolute Gasteiger partial charge is 0.490 e. The Kier molecular flexibility index (Phi) is 1.94. The van der Waals surface area contributed by atoms with Gasteiger partial charge in [-0.25, -0.2) is 0 Å². The Morgan fingerprint density at radius 2 is 1.33 bits per heavy atom. The molecular weight excluding hydrogens is 224 g/mol. The van der Waals surface area contributed by atoms with E-state index in [0.717, 1.165) is 24.3 Å². The van der Waals surface area contributed by atoms with Crippen LogP contribution in [0.4, 0.5) is 0 Å². The van der Waals surface area contributed by atoms with Gasteiger partial charge < -0.3 is 9.47 Å². The highest BCUT2D eigenvalue weighted by molar-refractivity contribution is 5.93. The van der Waals surface area contributed by atoms with Gasteiger partial charge >= 0.3 is 0 Å². The molecule has 0 amide bonds. The van der Waals surface area contributed by atoms with Crippen LogP contribution in [-0.4, -0.2) is 12.2 Å². The van der Waals surface area contributed by atoms with E-state index in [4.69, 9.17) is 9.47 Å². The van der Waals surface area contributed by atoms with Crippen LogP contribution in [0.5, 0.6) is 11.5 Å². The smallest absolute Gasteiger partial charge is 0.123 e. The number of benzene rings is 2. The van der Waals surface area contributed by atoms with Crippen LogP contribution in [-0.2, 0) is 12.8 Å². The number of ether oxygens (including phenoxy) is 2. The molecule has 2 aromatic rings. The predicted molar refractivity (Wildman–Crippen MR) is 71.5 cm³/mol. The molecule has 0 aliphatic carbocycles. The van der Waals surface area contributed by atoms with Gasteiger partial charge in [0.1, 0.15) is 23.7 Å². The maximum Gasteiger partial charge on any atom is 0.123 e. The molecule has 0 aromatic heterocycles. The van der Waals surface area contributed by atoms with Crippen LogP contribution in [0.15, 0.2) is 24.3 Å².